The smallest absolute Gasteiger partial charge is 0.184 e. The van der Waals surface area contributed by atoms with Crippen molar-refractivity contribution < 1.29 is 19.3 Å². The van der Waals surface area contributed by atoms with Gasteiger partial charge in [0, 0.05) is 21.1 Å². The van der Waals surface area contributed by atoms with E-state index in [1.807, 2.05) is 36.4 Å². The van der Waals surface area contributed by atoms with Gasteiger partial charge in [-0.15, -0.1) is 0 Å². The predicted molar refractivity (Wildman–Crippen MR) is 108 cm³/mol. The second-order valence-corrected chi connectivity index (χ2v) is 9.15. The summed E-state index contributed by atoms with van der Waals surface area (Å²) < 4.78 is 19.5. The Morgan fingerprint density at radius 2 is 1.96 bits per heavy atom. The topological polar surface area (TPSA) is 86.8 Å². The van der Waals surface area contributed by atoms with Crippen molar-refractivity contribution in [1.82, 2.24) is 4.98 Å². The molecule has 2 aliphatic heterocycles. The molecule has 0 saturated carbocycles. The van der Waals surface area contributed by atoms with Crippen LogP contribution in [0.15, 0.2) is 56.6 Å². The van der Waals surface area contributed by atoms with Crippen LogP contribution in [0.1, 0.15) is 11.9 Å². The van der Waals surface area contributed by atoms with E-state index in [0.29, 0.717) is 11.2 Å². The van der Waals surface area contributed by atoms with Gasteiger partial charge in [0.25, 0.3) is 0 Å². The zero-order valence-electron chi connectivity index (χ0n) is 14.1. The van der Waals surface area contributed by atoms with Gasteiger partial charge in [0.2, 0.25) is 0 Å². The van der Waals surface area contributed by atoms with Crippen molar-refractivity contribution in [3.8, 4) is 0 Å². The van der Waals surface area contributed by atoms with Crippen LogP contribution < -0.4 is 5.73 Å². The Morgan fingerprint density at radius 3 is 2.74 bits per heavy atom. The van der Waals surface area contributed by atoms with E-state index in [-0.39, 0.29) is 6.10 Å². The van der Waals surface area contributed by atoms with Crippen molar-refractivity contribution in [3.63, 3.8) is 0 Å². The number of rotatable bonds is 3. The van der Waals surface area contributed by atoms with Crippen LogP contribution in [0, 0.1) is 0 Å². The zero-order valence-corrected chi connectivity index (χ0v) is 18.1. The molecule has 3 N–H and O–H groups in total. The minimum absolute atomic E-state index is 0.347. The van der Waals surface area contributed by atoms with E-state index in [2.05, 4.69) is 36.8 Å². The van der Waals surface area contributed by atoms with E-state index in [9.17, 15) is 5.11 Å². The average Bonchev–Trinajstić information content (AvgIpc) is 2.69. The predicted octanol–water partition coefficient (Wildman–Crippen LogP) is 3.23. The summed E-state index contributed by atoms with van der Waals surface area (Å²) in [4.78, 5) is 5.09. The highest BCUT2D eigenvalue weighted by molar-refractivity contribution is 9.11. The highest BCUT2D eigenvalue weighted by Crippen LogP contribution is 2.40. The molecule has 4 rings (SSSR count). The summed E-state index contributed by atoms with van der Waals surface area (Å²) in [6, 6.07) is 11.0. The first-order chi connectivity index (χ1) is 13.0. The minimum Gasteiger partial charge on any atom is -0.388 e. The first kappa shape index (κ1) is 19.8. The molecular formula is C18H18Br2N2O4S. The minimum atomic E-state index is -0.892. The van der Waals surface area contributed by atoms with Gasteiger partial charge in [-0.25, -0.2) is 4.98 Å². The van der Waals surface area contributed by atoms with Gasteiger partial charge in [-0.2, -0.15) is 0 Å². The van der Waals surface area contributed by atoms with Crippen LogP contribution in [0.4, 0.5) is 0 Å². The van der Waals surface area contributed by atoms with Crippen LogP contribution in [-0.2, 0) is 14.2 Å². The molecule has 6 atom stereocenters. The Hall–Kier alpha value is -0.520. The van der Waals surface area contributed by atoms with Crippen LogP contribution in [0.2, 0.25) is 0 Å². The summed E-state index contributed by atoms with van der Waals surface area (Å²) in [5.74, 6) is 0. The van der Waals surface area contributed by atoms with Gasteiger partial charge in [-0.1, -0.05) is 42.1 Å². The Kier molecular flexibility index (Phi) is 6.20. The lowest BCUT2D eigenvalue weighted by atomic mass is 9.97. The lowest BCUT2D eigenvalue weighted by Gasteiger charge is -2.47. The van der Waals surface area contributed by atoms with Crippen molar-refractivity contribution in [2.75, 3.05) is 6.61 Å². The van der Waals surface area contributed by atoms with E-state index < -0.39 is 30.0 Å². The molecule has 1 aromatic carbocycles. The van der Waals surface area contributed by atoms with E-state index >= 15 is 0 Å². The van der Waals surface area contributed by atoms with Crippen LogP contribution in [0.5, 0.6) is 0 Å². The fraction of sp³-hybridized carbons (Fsp3) is 0.389. The first-order valence-electron chi connectivity index (χ1n) is 8.42. The molecule has 3 heterocycles. The van der Waals surface area contributed by atoms with Gasteiger partial charge in [0.05, 0.1) is 12.6 Å². The summed E-state index contributed by atoms with van der Waals surface area (Å²) in [5, 5.41) is 10.7. The molecule has 144 valence electrons. The lowest BCUT2D eigenvalue weighted by molar-refractivity contribution is -0.297. The summed E-state index contributed by atoms with van der Waals surface area (Å²) in [7, 11) is 0. The van der Waals surface area contributed by atoms with Crippen LogP contribution in [0.3, 0.4) is 0 Å². The van der Waals surface area contributed by atoms with Gasteiger partial charge < -0.3 is 25.1 Å². The number of benzene rings is 1. The molecule has 6 nitrogen and oxygen atoms in total. The summed E-state index contributed by atoms with van der Waals surface area (Å²) in [6.45, 7) is 0.347. The van der Waals surface area contributed by atoms with E-state index in [1.54, 1.807) is 6.20 Å². The number of halogens is 2. The maximum atomic E-state index is 10.7. The summed E-state index contributed by atoms with van der Waals surface area (Å²) in [6.07, 6.45) is -0.501. The fourth-order valence-electron chi connectivity index (χ4n) is 3.12. The molecule has 2 aliphatic rings. The molecule has 2 fully saturated rings. The molecule has 0 spiro atoms. The highest BCUT2D eigenvalue weighted by Gasteiger charge is 2.48. The third-order valence-electron chi connectivity index (χ3n) is 4.51. The number of hydrogen-bond acceptors (Lipinski definition) is 7. The Balaban J connectivity index is 1.48. The van der Waals surface area contributed by atoms with E-state index in [4.69, 9.17) is 19.9 Å². The normalized spacial score (nSPS) is 33.5. The van der Waals surface area contributed by atoms with Crippen LogP contribution in [0.25, 0.3) is 0 Å². The van der Waals surface area contributed by atoms with E-state index in [1.165, 1.54) is 11.8 Å². The second-order valence-electron chi connectivity index (χ2n) is 6.35. The molecule has 2 saturated heterocycles. The Labute approximate surface area is 178 Å². The molecule has 27 heavy (non-hydrogen) atoms. The van der Waals surface area contributed by atoms with E-state index in [0.717, 1.165) is 14.9 Å². The molecule has 1 aromatic heterocycles. The van der Waals surface area contributed by atoms with Crippen molar-refractivity contribution >= 4 is 43.6 Å². The Bertz CT molecular complexity index is 798. The van der Waals surface area contributed by atoms with Gasteiger partial charge in [0.1, 0.15) is 28.4 Å². The fourth-order valence-corrected chi connectivity index (χ4v) is 5.22. The van der Waals surface area contributed by atoms with Crippen molar-refractivity contribution in [2.45, 2.75) is 41.0 Å². The maximum absolute atomic E-state index is 10.7. The molecule has 0 aliphatic carbocycles. The van der Waals surface area contributed by atoms with Crippen LogP contribution >= 0.6 is 43.6 Å². The number of hydrogen-bond donors (Lipinski definition) is 2. The highest BCUT2D eigenvalue weighted by atomic mass is 79.9. The lowest BCUT2D eigenvalue weighted by Crippen LogP contribution is -2.64. The molecule has 2 aromatic rings. The number of aliphatic hydroxyl groups excluding tert-OH is 1. The second kappa shape index (κ2) is 8.46. The number of aromatic nitrogens is 1. The molecule has 0 amide bonds. The van der Waals surface area contributed by atoms with Crippen molar-refractivity contribution in [2.24, 2.45) is 5.73 Å². The largest absolute Gasteiger partial charge is 0.388 e. The number of fused-ring (bicyclic) bond motifs is 1. The number of ether oxygens (including phenoxy) is 3. The number of pyridine rings is 1. The number of thioether (sulfide) groups is 1. The summed E-state index contributed by atoms with van der Waals surface area (Å²) >= 11 is 8.20. The molecule has 9 heteroatoms. The first-order valence-corrected chi connectivity index (χ1v) is 10.9. The molecule has 0 bridgehead atoms. The van der Waals surface area contributed by atoms with Crippen molar-refractivity contribution in [3.05, 3.63) is 57.2 Å². The van der Waals surface area contributed by atoms with Crippen LogP contribution in [-0.4, -0.2) is 46.5 Å². The third-order valence-corrected chi connectivity index (χ3v) is 7.02. The van der Waals surface area contributed by atoms with Gasteiger partial charge in [-0.05, 0) is 37.9 Å². The quantitative estimate of drug-likeness (QED) is 0.604. The van der Waals surface area contributed by atoms with Gasteiger partial charge in [-0.3, -0.25) is 0 Å². The number of nitrogens with zero attached hydrogens (tertiary/aromatic N) is 1. The SMILES string of the molecule is NC1C(O)C(Sc2cc(Br)cnc2Br)OC2COC(c3ccccc3)OC21. The number of aliphatic hydroxyl groups is 1. The van der Waals surface area contributed by atoms with Gasteiger partial charge >= 0.3 is 0 Å². The molecular weight excluding hydrogens is 500 g/mol. The third kappa shape index (κ3) is 4.25. The molecule has 6 unspecified atom stereocenters. The zero-order chi connectivity index (χ0) is 19.0. The maximum Gasteiger partial charge on any atom is 0.184 e. The average molecular weight is 518 g/mol. The van der Waals surface area contributed by atoms with Gasteiger partial charge in [0.15, 0.2) is 6.29 Å². The number of nitrogens with two attached hydrogens (primary N) is 1. The standard InChI is InChI=1S/C18H18Br2N2O4S/c19-10-6-12(16(20)22-7-10)27-18-14(23)13(21)15-11(25-18)8-24-17(26-15)9-4-2-1-3-5-9/h1-7,11,13-15,17-18,23H,8,21H2. The summed E-state index contributed by atoms with van der Waals surface area (Å²) in [5.41, 5.74) is 6.69. The Morgan fingerprint density at radius 1 is 1.19 bits per heavy atom. The molecule has 0 radical (unpaired) electrons. The monoisotopic (exact) mass is 516 g/mol. The van der Waals surface area contributed by atoms with Crippen molar-refractivity contribution in [1.29, 1.82) is 0 Å².